The van der Waals surface area contributed by atoms with Crippen molar-refractivity contribution in [2.75, 3.05) is 40.8 Å². The van der Waals surface area contributed by atoms with Crippen molar-refractivity contribution < 1.29 is 12.9 Å². The first-order valence-corrected chi connectivity index (χ1v) is 9.11. The fourth-order valence-corrected chi connectivity index (χ4v) is 3.53. The van der Waals surface area contributed by atoms with Gasteiger partial charge in [-0.15, -0.1) is 12.4 Å². The number of nitrogens with one attached hydrogen (secondary N) is 1. The second-order valence-electron chi connectivity index (χ2n) is 5.97. The molecule has 3 rings (SSSR count). The highest BCUT2D eigenvalue weighted by Crippen LogP contribution is 2.25. The summed E-state index contributed by atoms with van der Waals surface area (Å²) in [5.74, 6) is 0.917. The second kappa shape index (κ2) is 7.79. The number of piperazine rings is 1. The normalized spacial score (nSPS) is 19.0. The molecule has 2 aromatic rings. The number of hydrogen-bond acceptors (Lipinski definition) is 7. The molecule has 0 bridgehead atoms. The molecule has 1 aliphatic rings. The Balaban J connectivity index is 0.00000225. The molecular weight excluding hydrogens is 366 g/mol. The minimum absolute atomic E-state index is 0. The van der Waals surface area contributed by atoms with E-state index in [0.29, 0.717) is 17.3 Å². The van der Waals surface area contributed by atoms with Crippen LogP contribution in [0.1, 0.15) is 11.9 Å². The Morgan fingerprint density at radius 2 is 2.12 bits per heavy atom. The third-order valence-corrected chi connectivity index (χ3v) is 5.92. The van der Waals surface area contributed by atoms with Crippen LogP contribution in [0.2, 0.25) is 0 Å². The Bertz CT molecular complexity index is 824. The number of rotatable bonds is 4. The lowest BCUT2D eigenvalue weighted by atomic mass is 10.2. The van der Waals surface area contributed by atoms with Gasteiger partial charge in [0.1, 0.15) is 0 Å². The predicted molar refractivity (Wildman–Crippen MR) is 96.1 cm³/mol. The van der Waals surface area contributed by atoms with E-state index in [0.717, 1.165) is 19.6 Å². The molecule has 1 N–H and O–H groups in total. The fraction of sp³-hybridized carbons (Fsp3) is 0.467. The fourth-order valence-electron chi connectivity index (χ4n) is 2.58. The second-order valence-corrected chi connectivity index (χ2v) is 8.13. The van der Waals surface area contributed by atoms with Crippen LogP contribution in [0.5, 0.6) is 0 Å². The van der Waals surface area contributed by atoms with Crippen LogP contribution in [-0.2, 0) is 10.0 Å². The van der Waals surface area contributed by atoms with Crippen molar-refractivity contribution in [3.8, 4) is 11.5 Å². The van der Waals surface area contributed by atoms with Crippen LogP contribution in [0.25, 0.3) is 11.5 Å². The molecule has 1 aromatic heterocycles. The van der Waals surface area contributed by atoms with E-state index in [4.69, 9.17) is 4.52 Å². The third-order valence-electron chi connectivity index (χ3n) is 4.11. The van der Waals surface area contributed by atoms with E-state index in [9.17, 15) is 8.42 Å². The summed E-state index contributed by atoms with van der Waals surface area (Å²) in [7, 11) is 1.51. The molecule has 138 valence electrons. The van der Waals surface area contributed by atoms with E-state index in [2.05, 4.69) is 20.4 Å². The quantitative estimate of drug-likeness (QED) is 0.836. The van der Waals surface area contributed by atoms with E-state index in [-0.39, 0.29) is 23.3 Å². The number of sulfonamides is 1. The lowest BCUT2D eigenvalue weighted by Crippen LogP contribution is -2.44. The predicted octanol–water partition coefficient (Wildman–Crippen LogP) is 0.985. The van der Waals surface area contributed by atoms with E-state index >= 15 is 0 Å². The van der Waals surface area contributed by atoms with Crippen LogP contribution in [0.3, 0.4) is 0 Å². The van der Waals surface area contributed by atoms with Crippen molar-refractivity contribution in [3.05, 3.63) is 30.1 Å². The zero-order valence-electron chi connectivity index (χ0n) is 14.3. The first-order valence-electron chi connectivity index (χ1n) is 7.67. The number of hydrogen-bond donors (Lipinski definition) is 1. The Labute approximate surface area is 153 Å². The van der Waals surface area contributed by atoms with E-state index in [1.165, 1.54) is 18.4 Å². The largest absolute Gasteiger partial charge is 0.334 e. The summed E-state index contributed by atoms with van der Waals surface area (Å²) in [6.07, 6.45) is 0. The van der Waals surface area contributed by atoms with Gasteiger partial charge in [-0.05, 0) is 25.2 Å². The van der Waals surface area contributed by atoms with Crippen molar-refractivity contribution in [2.45, 2.75) is 10.9 Å². The molecule has 10 heteroatoms. The molecule has 1 aliphatic heterocycles. The Morgan fingerprint density at radius 1 is 1.36 bits per heavy atom. The number of likely N-dealkylation sites (N-methyl/N-ethyl adjacent to an activating group) is 1. The van der Waals surface area contributed by atoms with Gasteiger partial charge in [0.25, 0.3) is 5.89 Å². The van der Waals surface area contributed by atoms with Crippen molar-refractivity contribution in [1.82, 2.24) is 24.7 Å². The number of nitrogens with zero attached hydrogens (tertiary/aromatic N) is 4. The third kappa shape index (κ3) is 4.01. The average molecular weight is 388 g/mol. The SMILES string of the molecule is CN1CCNCC1c1noc(-c2cccc(S(=O)(=O)N(C)C)c2)n1.Cl. The minimum atomic E-state index is -3.50. The van der Waals surface area contributed by atoms with E-state index < -0.39 is 10.0 Å². The van der Waals surface area contributed by atoms with Crippen LogP contribution in [0.4, 0.5) is 0 Å². The highest BCUT2D eigenvalue weighted by Gasteiger charge is 2.26. The van der Waals surface area contributed by atoms with Gasteiger partial charge in [-0.25, -0.2) is 12.7 Å². The summed E-state index contributed by atoms with van der Waals surface area (Å²) < 4.78 is 31.0. The van der Waals surface area contributed by atoms with Gasteiger partial charge >= 0.3 is 0 Å². The lowest BCUT2D eigenvalue weighted by Gasteiger charge is -2.30. The molecule has 1 fully saturated rings. The monoisotopic (exact) mass is 387 g/mol. The molecule has 1 aromatic carbocycles. The molecule has 0 spiro atoms. The number of aromatic nitrogens is 2. The van der Waals surface area contributed by atoms with Gasteiger partial charge in [-0.3, -0.25) is 4.90 Å². The molecule has 1 saturated heterocycles. The topological polar surface area (TPSA) is 91.6 Å². The van der Waals surface area contributed by atoms with Crippen LogP contribution in [-0.4, -0.2) is 68.5 Å². The summed E-state index contributed by atoms with van der Waals surface area (Å²) >= 11 is 0. The molecule has 1 atom stereocenters. The zero-order chi connectivity index (χ0) is 17.3. The lowest BCUT2D eigenvalue weighted by molar-refractivity contribution is 0.190. The maximum Gasteiger partial charge on any atom is 0.258 e. The van der Waals surface area contributed by atoms with Gasteiger partial charge < -0.3 is 9.84 Å². The van der Waals surface area contributed by atoms with Crippen LogP contribution in [0.15, 0.2) is 33.7 Å². The van der Waals surface area contributed by atoms with Gasteiger partial charge in [0, 0.05) is 39.3 Å². The molecule has 0 radical (unpaired) electrons. The zero-order valence-corrected chi connectivity index (χ0v) is 16.0. The molecule has 25 heavy (non-hydrogen) atoms. The van der Waals surface area contributed by atoms with E-state index in [1.54, 1.807) is 24.3 Å². The molecule has 0 amide bonds. The standard InChI is InChI=1S/C15H21N5O3S.ClH/c1-19(2)24(21,22)12-6-4-5-11(9-12)15-17-14(18-23-15)13-10-16-7-8-20(13)3;/h4-6,9,13,16H,7-8,10H2,1-3H3;1H. The summed E-state index contributed by atoms with van der Waals surface area (Å²) in [6.45, 7) is 2.60. The number of halogens is 1. The van der Waals surface area contributed by atoms with Gasteiger partial charge in [0.2, 0.25) is 10.0 Å². The summed E-state index contributed by atoms with van der Waals surface area (Å²) in [5.41, 5.74) is 0.586. The van der Waals surface area contributed by atoms with E-state index in [1.807, 2.05) is 7.05 Å². The first kappa shape index (κ1) is 19.8. The maximum atomic E-state index is 12.3. The molecule has 8 nitrogen and oxygen atoms in total. The van der Waals surface area contributed by atoms with Crippen LogP contribution in [0, 0.1) is 0 Å². The highest BCUT2D eigenvalue weighted by atomic mass is 35.5. The van der Waals surface area contributed by atoms with Gasteiger partial charge in [-0.2, -0.15) is 4.98 Å². The molecule has 2 heterocycles. The molecule has 0 saturated carbocycles. The number of benzene rings is 1. The van der Waals surface area contributed by atoms with Crippen molar-refractivity contribution in [1.29, 1.82) is 0 Å². The van der Waals surface area contributed by atoms with Crippen molar-refractivity contribution in [2.24, 2.45) is 0 Å². The Hall–Kier alpha value is -1.52. The van der Waals surface area contributed by atoms with Crippen molar-refractivity contribution >= 4 is 22.4 Å². The average Bonchev–Trinajstić information content (AvgIpc) is 3.05. The molecule has 1 unspecified atom stereocenters. The highest BCUT2D eigenvalue weighted by molar-refractivity contribution is 7.89. The van der Waals surface area contributed by atoms with Crippen molar-refractivity contribution in [3.63, 3.8) is 0 Å². The van der Waals surface area contributed by atoms with Gasteiger partial charge in [-0.1, -0.05) is 11.2 Å². The molecule has 0 aliphatic carbocycles. The summed E-state index contributed by atoms with van der Waals surface area (Å²) in [6, 6.07) is 6.58. The van der Waals surface area contributed by atoms with Gasteiger partial charge in [0.05, 0.1) is 10.9 Å². The first-order chi connectivity index (χ1) is 11.4. The minimum Gasteiger partial charge on any atom is -0.334 e. The Kier molecular flexibility index (Phi) is 6.17. The van der Waals surface area contributed by atoms with Crippen LogP contribution < -0.4 is 5.32 Å². The van der Waals surface area contributed by atoms with Crippen LogP contribution >= 0.6 is 12.4 Å². The summed E-state index contributed by atoms with van der Waals surface area (Å²) in [4.78, 5) is 6.82. The van der Waals surface area contributed by atoms with Gasteiger partial charge in [0.15, 0.2) is 5.82 Å². The summed E-state index contributed by atoms with van der Waals surface area (Å²) in [5, 5.41) is 7.37. The molecular formula is C15H22ClN5O3S. The maximum absolute atomic E-state index is 12.3. The smallest absolute Gasteiger partial charge is 0.258 e. The Morgan fingerprint density at radius 3 is 2.80 bits per heavy atom.